The van der Waals surface area contributed by atoms with E-state index in [1.54, 1.807) is 0 Å². The monoisotopic (exact) mass is 625 g/mol. The molecule has 3 nitrogen and oxygen atoms in total. The predicted octanol–water partition coefficient (Wildman–Crippen LogP) is 11.9. The van der Waals surface area contributed by atoms with Crippen LogP contribution in [-0.2, 0) is 0 Å². The van der Waals surface area contributed by atoms with Crippen molar-refractivity contribution in [1.29, 1.82) is 0 Å². The quantitative estimate of drug-likeness (QED) is 0.184. The molecule has 49 heavy (non-hydrogen) atoms. The molecule has 0 N–H and O–H groups in total. The molecular formula is C46H31N3. The Morgan fingerprint density at radius 3 is 1.41 bits per heavy atom. The molecule has 2 heterocycles. The van der Waals surface area contributed by atoms with E-state index in [2.05, 4.69) is 180 Å². The summed E-state index contributed by atoms with van der Waals surface area (Å²) >= 11 is 0. The van der Waals surface area contributed by atoms with Crippen molar-refractivity contribution < 1.29 is 0 Å². The number of nitrogens with zero attached hydrogens (tertiary/aromatic N) is 3. The Morgan fingerprint density at radius 2 is 0.796 bits per heavy atom. The summed E-state index contributed by atoms with van der Waals surface area (Å²) in [5, 5.41) is 2.18. The summed E-state index contributed by atoms with van der Waals surface area (Å²) in [6, 6.07) is 66.1. The molecule has 0 radical (unpaired) electrons. The van der Waals surface area contributed by atoms with Gasteiger partial charge in [-0.3, -0.25) is 4.57 Å². The number of rotatable bonds is 6. The second kappa shape index (κ2) is 12.2. The first kappa shape index (κ1) is 28.6. The Hall–Kier alpha value is -6.58. The minimum absolute atomic E-state index is 0.694. The molecule has 0 saturated carbocycles. The van der Waals surface area contributed by atoms with Crippen LogP contribution in [0, 0.1) is 0 Å². The largest absolute Gasteiger partial charge is 0.294 e. The van der Waals surface area contributed by atoms with E-state index < -0.39 is 0 Å². The summed E-state index contributed by atoms with van der Waals surface area (Å²) < 4.78 is 2.26. The maximum Gasteiger partial charge on any atom is 0.162 e. The molecule has 9 rings (SSSR count). The zero-order valence-electron chi connectivity index (χ0n) is 26.7. The molecule has 0 spiro atoms. The van der Waals surface area contributed by atoms with E-state index in [4.69, 9.17) is 9.97 Å². The van der Waals surface area contributed by atoms with E-state index in [1.165, 1.54) is 22.3 Å². The average molecular weight is 626 g/mol. The average Bonchev–Trinajstić information content (AvgIpc) is 3.53. The Kier molecular flexibility index (Phi) is 7.14. The van der Waals surface area contributed by atoms with Gasteiger partial charge in [-0.1, -0.05) is 152 Å². The fraction of sp³-hybridized carbons (Fsp3) is 0. The maximum atomic E-state index is 5.34. The van der Waals surface area contributed by atoms with Crippen LogP contribution in [0.25, 0.3) is 83.6 Å². The Bertz CT molecular complexity index is 2590. The summed E-state index contributed by atoms with van der Waals surface area (Å²) in [5.41, 5.74) is 13.1. The van der Waals surface area contributed by atoms with Gasteiger partial charge in [0.25, 0.3) is 0 Å². The number of fused-ring (bicyclic) bond motifs is 3. The highest BCUT2D eigenvalue weighted by molar-refractivity contribution is 6.14. The minimum Gasteiger partial charge on any atom is -0.294 e. The van der Waals surface area contributed by atoms with Crippen LogP contribution < -0.4 is 0 Å². The predicted molar refractivity (Wildman–Crippen MR) is 204 cm³/mol. The number of para-hydroxylation sites is 2. The van der Waals surface area contributed by atoms with Crippen LogP contribution in [-0.4, -0.2) is 14.5 Å². The molecule has 0 amide bonds. The van der Waals surface area contributed by atoms with Gasteiger partial charge in [-0.2, -0.15) is 0 Å². The smallest absolute Gasteiger partial charge is 0.162 e. The summed E-state index contributed by atoms with van der Waals surface area (Å²) in [7, 11) is 0. The first-order chi connectivity index (χ1) is 24.3. The molecule has 0 saturated heterocycles. The molecule has 0 fully saturated rings. The third kappa shape index (κ3) is 5.28. The van der Waals surface area contributed by atoms with Crippen LogP contribution in [0.5, 0.6) is 0 Å². The van der Waals surface area contributed by atoms with Gasteiger partial charge in [0.15, 0.2) is 5.82 Å². The van der Waals surface area contributed by atoms with E-state index in [1.807, 2.05) is 12.1 Å². The Labute approximate surface area is 285 Å². The molecule has 0 aliphatic rings. The zero-order chi connectivity index (χ0) is 32.6. The second-order valence-corrected chi connectivity index (χ2v) is 12.3. The second-order valence-electron chi connectivity index (χ2n) is 12.3. The minimum atomic E-state index is 0.694. The van der Waals surface area contributed by atoms with Crippen LogP contribution >= 0.6 is 0 Å². The lowest BCUT2D eigenvalue weighted by atomic mass is 9.95. The highest BCUT2D eigenvalue weighted by atomic mass is 15.1. The third-order valence-corrected chi connectivity index (χ3v) is 9.20. The van der Waals surface area contributed by atoms with Crippen molar-refractivity contribution >= 4 is 21.9 Å². The highest BCUT2D eigenvalue weighted by Gasteiger charge is 2.20. The summed E-state index contributed by atoms with van der Waals surface area (Å²) in [6.45, 7) is 0. The van der Waals surface area contributed by atoms with E-state index in [9.17, 15) is 0 Å². The molecule has 230 valence electrons. The van der Waals surface area contributed by atoms with Crippen LogP contribution in [0.15, 0.2) is 188 Å². The van der Waals surface area contributed by atoms with Gasteiger partial charge < -0.3 is 0 Å². The van der Waals surface area contributed by atoms with Gasteiger partial charge in [-0.05, 0) is 69.8 Å². The van der Waals surface area contributed by atoms with Crippen molar-refractivity contribution in [3.8, 4) is 61.7 Å². The van der Waals surface area contributed by atoms with E-state index in [0.29, 0.717) is 5.82 Å². The number of hydrogen-bond donors (Lipinski definition) is 0. The third-order valence-electron chi connectivity index (χ3n) is 9.20. The lowest BCUT2D eigenvalue weighted by Crippen LogP contribution is -1.99. The van der Waals surface area contributed by atoms with E-state index in [-0.39, 0.29) is 0 Å². The van der Waals surface area contributed by atoms with Gasteiger partial charge in [0.2, 0.25) is 0 Å². The van der Waals surface area contributed by atoms with E-state index >= 15 is 0 Å². The number of benzene rings is 7. The van der Waals surface area contributed by atoms with Crippen LogP contribution in [0.3, 0.4) is 0 Å². The fourth-order valence-corrected chi connectivity index (χ4v) is 6.85. The van der Waals surface area contributed by atoms with Crippen molar-refractivity contribution in [2.45, 2.75) is 0 Å². The molecule has 3 heteroatoms. The molecule has 2 aromatic heterocycles. The van der Waals surface area contributed by atoms with Gasteiger partial charge in [0.1, 0.15) is 5.65 Å². The van der Waals surface area contributed by atoms with Gasteiger partial charge in [0, 0.05) is 22.2 Å². The van der Waals surface area contributed by atoms with Crippen LogP contribution in [0.1, 0.15) is 0 Å². The summed E-state index contributed by atoms with van der Waals surface area (Å²) in [4.78, 5) is 10.6. The first-order valence-corrected chi connectivity index (χ1v) is 16.6. The van der Waals surface area contributed by atoms with Crippen molar-refractivity contribution in [3.05, 3.63) is 188 Å². The van der Waals surface area contributed by atoms with Gasteiger partial charge in [0.05, 0.1) is 16.6 Å². The molecule has 0 atom stereocenters. The van der Waals surface area contributed by atoms with Crippen molar-refractivity contribution in [3.63, 3.8) is 0 Å². The molecular weight excluding hydrogens is 595 g/mol. The lowest BCUT2D eigenvalue weighted by Gasteiger charge is -2.12. The normalized spacial score (nSPS) is 11.3. The first-order valence-electron chi connectivity index (χ1n) is 16.6. The van der Waals surface area contributed by atoms with Crippen LogP contribution in [0.2, 0.25) is 0 Å². The lowest BCUT2D eigenvalue weighted by molar-refractivity contribution is 1.11. The molecule has 7 aromatic carbocycles. The van der Waals surface area contributed by atoms with Crippen molar-refractivity contribution in [2.24, 2.45) is 0 Å². The number of aromatic nitrogens is 3. The topological polar surface area (TPSA) is 30.7 Å². The highest BCUT2D eigenvalue weighted by Crippen LogP contribution is 2.39. The molecule has 0 aliphatic heterocycles. The van der Waals surface area contributed by atoms with Crippen molar-refractivity contribution in [1.82, 2.24) is 14.5 Å². The standard InChI is InChI=1S/C46H31N3/c1-4-15-32(16-5-1)34-19-12-20-35(29-34)36-21-13-22-37(30-36)38-23-14-24-39(31-38)45-47-44(33-17-6-2-7-18-33)43-41-27-10-11-28-42(41)49(46(43)48-45)40-25-8-3-9-26-40/h1-31H. The van der Waals surface area contributed by atoms with Crippen molar-refractivity contribution in [2.75, 3.05) is 0 Å². The van der Waals surface area contributed by atoms with Gasteiger partial charge >= 0.3 is 0 Å². The van der Waals surface area contributed by atoms with Crippen LogP contribution in [0.4, 0.5) is 0 Å². The summed E-state index contributed by atoms with van der Waals surface area (Å²) in [5.74, 6) is 0.694. The summed E-state index contributed by atoms with van der Waals surface area (Å²) in [6.07, 6.45) is 0. The van der Waals surface area contributed by atoms with Gasteiger partial charge in [-0.25, -0.2) is 9.97 Å². The molecule has 0 unspecified atom stereocenters. The van der Waals surface area contributed by atoms with Gasteiger partial charge in [-0.15, -0.1) is 0 Å². The maximum absolute atomic E-state index is 5.34. The molecule has 0 bridgehead atoms. The Morgan fingerprint density at radius 1 is 0.347 bits per heavy atom. The number of hydrogen-bond acceptors (Lipinski definition) is 2. The molecule has 0 aliphatic carbocycles. The zero-order valence-corrected chi connectivity index (χ0v) is 26.7. The van der Waals surface area contributed by atoms with E-state index in [0.717, 1.165) is 55.6 Å². The SMILES string of the molecule is c1ccc(-c2cccc(-c3cccc(-c4cccc(-c5nc(-c6ccccc6)c6c7ccccc7n(-c7ccccc7)c6n5)c4)c3)c2)cc1. The molecule has 9 aromatic rings. The fourth-order valence-electron chi connectivity index (χ4n) is 6.85. The Balaban J connectivity index is 1.20.